The zero-order valence-corrected chi connectivity index (χ0v) is 12.5. The molecule has 2 rings (SSSR count). The lowest BCUT2D eigenvalue weighted by Gasteiger charge is -2.11. The predicted molar refractivity (Wildman–Crippen MR) is 75.2 cm³/mol. The van der Waals surface area contributed by atoms with Crippen molar-refractivity contribution >= 4 is 15.7 Å². The molecule has 0 unspecified atom stereocenters. The molecule has 4 nitrogen and oxygen atoms in total. The smallest absolute Gasteiger partial charge is 0.416 e. The Hall–Kier alpha value is -2.29. The lowest BCUT2D eigenvalue weighted by molar-refractivity contribution is -0.137. The van der Waals surface area contributed by atoms with Crippen LogP contribution in [0.1, 0.15) is 5.56 Å². The first-order valence-electron chi connectivity index (χ1n) is 6.17. The first kappa shape index (κ1) is 17.1. The summed E-state index contributed by atoms with van der Waals surface area (Å²) in [5.74, 6) is -0.999. The molecular weight excluding hydrogens is 338 g/mol. The number of alkyl halides is 3. The van der Waals surface area contributed by atoms with Gasteiger partial charge in [0.05, 0.1) is 17.6 Å². The minimum Gasteiger partial charge on any atom is -0.494 e. The summed E-state index contributed by atoms with van der Waals surface area (Å²) in [6, 6.07) is 6.44. The van der Waals surface area contributed by atoms with Crippen LogP contribution in [0.15, 0.2) is 47.4 Å². The van der Waals surface area contributed by atoms with E-state index in [2.05, 4.69) is 9.46 Å². The van der Waals surface area contributed by atoms with Crippen LogP contribution in [0.5, 0.6) is 5.75 Å². The third-order valence-corrected chi connectivity index (χ3v) is 4.28. The van der Waals surface area contributed by atoms with Crippen LogP contribution < -0.4 is 9.46 Å². The molecule has 23 heavy (non-hydrogen) atoms. The number of benzene rings is 2. The Morgan fingerprint density at radius 1 is 1.04 bits per heavy atom. The maximum absolute atomic E-state index is 13.6. The van der Waals surface area contributed by atoms with E-state index in [1.807, 2.05) is 0 Å². The van der Waals surface area contributed by atoms with E-state index >= 15 is 0 Å². The molecule has 9 heteroatoms. The fraction of sp³-hybridized carbons (Fsp3) is 0.143. The summed E-state index contributed by atoms with van der Waals surface area (Å²) in [5, 5.41) is 0. The number of halogens is 4. The fourth-order valence-corrected chi connectivity index (χ4v) is 2.83. The average molecular weight is 349 g/mol. The molecule has 2 aromatic carbocycles. The maximum Gasteiger partial charge on any atom is 0.416 e. The minimum atomic E-state index is -4.52. The van der Waals surface area contributed by atoms with Gasteiger partial charge in [-0.05, 0) is 42.5 Å². The summed E-state index contributed by atoms with van der Waals surface area (Å²) < 4.78 is 81.8. The van der Waals surface area contributed by atoms with Crippen LogP contribution in [0.4, 0.5) is 23.2 Å². The largest absolute Gasteiger partial charge is 0.494 e. The van der Waals surface area contributed by atoms with Crippen molar-refractivity contribution < 1.29 is 30.7 Å². The second kappa shape index (κ2) is 6.07. The summed E-state index contributed by atoms with van der Waals surface area (Å²) in [4.78, 5) is -0.379. The monoisotopic (exact) mass is 349 g/mol. The van der Waals surface area contributed by atoms with Gasteiger partial charge in [0.15, 0.2) is 11.6 Å². The van der Waals surface area contributed by atoms with Gasteiger partial charge >= 0.3 is 6.18 Å². The zero-order chi connectivity index (χ0) is 17.3. The summed E-state index contributed by atoms with van der Waals surface area (Å²) in [5.41, 5.74) is -0.981. The van der Waals surface area contributed by atoms with E-state index < -0.39 is 27.6 Å². The molecule has 0 bridgehead atoms. The van der Waals surface area contributed by atoms with Crippen molar-refractivity contribution in [2.45, 2.75) is 11.1 Å². The molecule has 0 atom stereocenters. The third-order valence-electron chi connectivity index (χ3n) is 2.90. The topological polar surface area (TPSA) is 55.4 Å². The van der Waals surface area contributed by atoms with Gasteiger partial charge in [-0.3, -0.25) is 4.72 Å². The van der Waals surface area contributed by atoms with Crippen molar-refractivity contribution in [3.8, 4) is 5.75 Å². The van der Waals surface area contributed by atoms with Crippen LogP contribution in [-0.2, 0) is 16.2 Å². The SMILES string of the molecule is COc1ccc(S(=O)(=O)Nc2ccc(C(F)(F)F)cc2)cc1F. The van der Waals surface area contributed by atoms with Crippen molar-refractivity contribution in [1.82, 2.24) is 0 Å². The standard InChI is InChI=1S/C14H11F4NO3S/c1-22-13-7-6-11(8-12(13)15)23(20,21)19-10-4-2-9(3-5-10)14(16,17)18/h2-8,19H,1H3. The van der Waals surface area contributed by atoms with E-state index in [4.69, 9.17) is 0 Å². The lowest BCUT2D eigenvalue weighted by Crippen LogP contribution is -2.13. The van der Waals surface area contributed by atoms with Crippen LogP contribution in [0.25, 0.3) is 0 Å². The van der Waals surface area contributed by atoms with Gasteiger partial charge in [-0.1, -0.05) is 0 Å². The van der Waals surface area contributed by atoms with Crippen LogP contribution in [0, 0.1) is 5.82 Å². The number of anilines is 1. The molecule has 0 aliphatic rings. The molecule has 124 valence electrons. The number of ether oxygens (including phenoxy) is 1. The van der Waals surface area contributed by atoms with Gasteiger partial charge in [0.25, 0.3) is 10.0 Å². The van der Waals surface area contributed by atoms with E-state index in [1.165, 1.54) is 7.11 Å². The van der Waals surface area contributed by atoms with Gasteiger partial charge in [0.1, 0.15) is 0 Å². The first-order chi connectivity index (χ1) is 10.6. The Morgan fingerprint density at radius 2 is 1.65 bits per heavy atom. The lowest BCUT2D eigenvalue weighted by atomic mass is 10.2. The van der Waals surface area contributed by atoms with Crippen molar-refractivity contribution in [2.24, 2.45) is 0 Å². The second-order valence-electron chi connectivity index (χ2n) is 4.48. The Labute approximate surface area is 129 Å². The van der Waals surface area contributed by atoms with Gasteiger partial charge in [0.2, 0.25) is 0 Å². The van der Waals surface area contributed by atoms with E-state index in [0.29, 0.717) is 0 Å². The molecule has 0 saturated carbocycles. The summed E-state index contributed by atoms with van der Waals surface area (Å²) in [6.45, 7) is 0. The Balaban J connectivity index is 2.26. The molecule has 0 heterocycles. The molecule has 0 aliphatic carbocycles. The van der Waals surface area contributed by atoms with E-state index in [9.17, 15) is 26.0 Å². The predicted octanol–water partition coefficient (Wildman–Crippen LogP) is 3.65. The Kier molecular flexibility index (Phi) is 4.51. The summed E-state index contributed by atoms with van der Waals surface area (Å²) in [7, 11) is -2.91. The molecule has 1 N–H and O–H groups in total. The molecule has 0 radical (unpaired) electrons. The summed E-state index contributed by atoms with van der Waals surface area (Å²) >= 11 is 0. The number of methoxy groups -OCH3 is 1. The van der Waals surface area contributed by atoms with Crippen molar-refractivity contribution in [2.75, 3.05) is 11.8 Å². The van der Waals surface area contributed by atoms with E-state index in [1.54, 1.807) is 0 Å². The van der Waals surface area contributed by atoms with Crippen molar-refractivity contribution in [3.05, 3.63) is 53.8 Å². The Bertz CT molecular complexity index is 802. The quantitative estimate of drug-likeness (QED) is 0.857. The molecule has 0 amide bonds. The summed E-state index contributed by atoms with van der Waals surface area (Å²) in [6.07, 6.45) is -4.52. The molecule has 0 aliphatic heterocycles. The van der Waals surface area contributed by atoms with Gasteiger partial charge in [-0.25, -0.2) is 12.8 Å². The zero-order valence-electron chi connectivity index (χ0n) is 11.7. The van der Waals surface area contributed by atoms with Crippen LogP contribution in [-0.4, -0.2) is 15.5 Å². The number of nitrogens with one attached hydrogen (secondary N) is 1. The average Bonchev–Trinajstić information content (AvgIpc) is 2.46. The van der Waals surface area contributed by atoms with Gasteiger partial charge < -0.3 is 4.74 Å². The fourth-order valence-electron chi connectivity index (χ4n) is 1.76. The highest BCUT2D eigenvalue weighted by molar-refractivity contribution is 7.92. The molecular formula is C14H11F4NO3S. The van der Waals surface area contributed by atoms with Gasteiger partial charge in [0, 0.05) is 5.69 Å². The van der Waals surface area contributed by atoms with Gasteiger partial charge in [-0.15, -0.1) is 0 Å². The van der Waals surface area contributed by atoms with E-state index in [0.717, 1.165) is 42.5 Å². The molecule has 0 aromatic heterocycles. The highest BCUT2D eigenvalue weighted by Gasteiger charge is 2.30. The number of sulfonamides is 1. The normalized spacial score (nSPS) is 12.0. The first-order valence-corrected chi connectivity index (χ1v) is 7.65. The molecule has 2 aromatic rings. The number of rotatable bonds is 4. The second-order valence-corrected chi connectivity index (χ2v) is 6.16. The van der Waals surface area contributed by atoms with E-state index in [-0.39, 0.29) is 16.3 Å². The highest BCUT2D eigenvalue weighted by Crippen LogP contribution is 2.30. The minimum absolute atomic E-state index is 0.0748. The maximum atomic E-state index is 13.6. The molecule has 0 spiro atoms. The molecule has 0 fully saturated rings. The van der Waals surface area contributed by atoms with Crippen LogP contribution >= 0.6 is 0 Å². The Morgan fingerprint density at radius 3 is 2.13 bits per heavy atom. The third kappa shape index (κ3) is 3.92. The molecule has 0 saturated heterocycles. The number of hydrogen-bond acceptors (Lipinski definition) is 3. The van der Waals surface area contributed by atoms with Gasteiger partial charge in [-0.2, -0.15) is 13.2 Å². The van der Waals surface area contributed by atoms with Crippen LogP contribution in [0.2, 0.25) is 0 Å². The van der Waals surface area contributed by atoms with Crippen LogP contribution in [0.3, 0.4) is 0 Å². The number of hydrogen-bond donors (Lipinski definition) is 1. The van der Waals surface area contributed by atoms with Crippen molar-refractivity contribution in [3.63, 3.8) is 0 Å². The highest BCUT2D eigenvalue weighted by atomic mass is 32.2. The van der Waals surface area contributed by atoms with Crippen molar-refractivity contribution in [1.29, 1.82) is 0 Å².